The molecular formula is C14H24Br3N. The van der Waals surface area contributed by atoms with Crippen molar-refractivity contribution in [3.8, 4) is 6.07 Å². The number of rotatable bonds is 10. The lowest BCUT2D eigenvalue weighted by Gasteiger charge is -2.25. The summed E-state index contributed by atoms with van der Waals surface area (Å²) in [7, 11) is 0. The summed E-state index contributed by atoms with van der Waals surface area (Å²) in [6, 6.07) is 2.22. The first-order chi connectivity index (χ1) is 8.52. The van der Waals surface area contributed by atoms with Crippen LogP contribution in [0.2, 0.25) is 0 Å². The monoisotopic (exact) mass is 443 g/mol. The van der Waals surface area contributed by atoms with E-state index >= 15 is 0 Å². The Labute approximate surface area is 137 Å². The van der Waals surface area contributed by atoms with Gasteiger partial charge in [0.2, 0.25) is 0 Å². The quantitative estimate of drug-likeness (QED) is 0.265. The van der Waals surface area contributed by atoms with Crippen LogP contribution in [0.4, 0.5) is 0 Å². The third kappa shape index (κ3) is 10.8. The van der Waals surface area contributed by atoms with Crippen molar-refractivity contribution in [1.82, 2.24) is 0 Å². The molecule has 0 N–H and O–H groups in total. The van der Waals surface area contributed by atoms with Crippen LogP contribution in [0.15, 0.2) is 0 Å². The third-order valence-corrected chi connectivity index (χ3v) is 5.15. The second kappa shape index (κ2) is 11.7. The Kier molecular flexibility index (Phi) is 12.3. The van der Waals surface area contributed by atoms with Gasteiger partial charge in [0.1, 0.15) is 2.14 Å². The lowest BCUT2D eigenvalue weighted by atomic mass is 9.97. The molecule has 0 aliphatic rings. The predicted molar refractivity (Wildman–Crippen MR) is 90.5 cm³/mol. The molecular weight excluding hydrogens is 422 g/mol. The minimum Gasteiger partial charge on any atom is -0.198 e. The number of unbranched alkanes of at least 4 members (excludes halogenated alkanes) is 6. The highest BCUT2D eigenvalue weighted by atomic mass is 80.0. The van der Waals surface area contributed by atoms with Gasteiger partial charge in [0.05, 0.1) is 6.07 Å². The van der Waals surface area contributed by atoms with Gasteiger partial charge in [-0.25, -0.2) is 0 Å². The smallest absolute Gasteiger partial charge is 0.137 e. The van der Waals surface area contributed by atoms with Gasteiger partial charge in [-0.2, -0.15) is 5.26 Å². The Hall–Kier alpha value is 0.930. The summed E-state index contributed by atoms with van der Waals surface area (Å²) >= 11 is 10.9. The molecule has 0 spiro atoms. The second-order valence-corrected chi connectivity index (χ2v) is 11.8. The van der Waals surface area contributed by atoms with Crippen LogP contribution in [-0.2, 0) is 0 Å². The topological polar surface area (TPSA) is 23.8 Å². The van der Waals surface area contributed by atoms with Gasteiger partial charge in [0.15, 0.2) is 0 Å². The van der Waals surface area contributed by atoms with Crippen molar-refractivity contribution in [3.05, 3.63) is 0 Å². The summed E-state index contributed by atoms with van der Waals surface area (Å²) in [4.78, 5) is 0. The van der Waals surface area contributed by atoms with Crippen molar-refractivity contribution in [3.63, 3.8) is 0 Å². The number of nitrogens with zero attached hydrogens (tertiary/aromatic N) is 1. The highest BCUT2D eigenvalue weighted by Crippen LogP contribution is 2.45. The SMILES string of the molecule is CCCCCCCCC(CCCC#N)C(Br)(Br)Br. The average Bonchev–Trinajstić information content (AvgIpc) is 2.30. The van der Waals surface area contributed by atoms with Crippen LogP contribution in [0, 0.1) is 17.2 Å². The van der Waals surface area contributed by atoms with E-state index in [-0.39, 0.29) is 2.14 Å². The summed E-state index contributed by atoms with van der Waals surface area (Å²) in [5.41, 5.74) is 0. The number of hydrogen-bond donors (Lipinski definition) is 0. The Morgan fingerprint density at radius 2 is 1.50 bits per heavy atom. The molecule has 0 fully saturated rings. The normalized spacial score (nSPS) is 13.3. The predicted octanol–water partition coefficient (Wildman–Crippen LogP) is 6.89. The van der Waals surface area contributed by atoms with E-state index in [4.69, 9.17) is 5.26 Å². The maximum atomic E-state index is 8.59. The van der Waals surface area contributed by atoms with E-state index in [9.17, 15) is 0 Å². The maximum Gasteiger partial charge on any atom is 0.137 e. The zero-order valence-electron chi connectivity index (χ0n) is 11.2. The summed E-state index contributed by atoms with van der Waals surface area (Å²) in [5, 5.41) is 8.59. The lowest BCUT2D eigenvalue weighted by molar-refractivity contribution is 0.437. The van der Waals surface area contributed by atoms with Crippen molar-refractivity contribution in [2.75, 3.05) is 0 Å². The zero-order valence-corrected chi connectivity index (χ0v) is 16.0. The largest absolute Gasteiger partial charge is 0.198 e. The molecule has 0 rings (SSSR count). The van der Waals surface area contributed by atoms with Crippen molar-refractivity contribution in [2.24, 2.45) is 5.92 Å². The molecule has 0 heterocycles. The summed E-state index contributed by atoms with van der Waals surface area (Å²) in [6.45, 7) is 2.25. The molecule has 0 aromatic heterocycles. The van der Waals surface area contributed by atoms with Crippen LogP contribution in [0.5, 0.6) is 0 Å². The first-order valence-electron chi connectivity index (χ1n) is 6.96. The molecule has 1 atom stereocenters. The summed E-state index contributed by atoms with van der Waals surface area (Å²) in [5.74, 6) is 0.539. The Morgan fingerprint density at radius 1 is 0.944 bits per heavy atom. The molecule has 0 bridgehead atoms. The molecule has 18 heavy (non-hydrogen) atoms. The Morgan fingerprint density at radius 3 is 2.06 bits per heavy atom. The molecule has 4 heteroatoms. The van der Waals surface area contributed by atoms with E-state index in [1.807, 2.05) is 0 Å². The number of halogens is 3. The van der Waals surface area contributed by atoms with Crippen LogP contribution in [0.1, 0.15) is 71.1 Å². The van der Waals surface area contributed by atoms with Gasteiger partial charge in [-0.05, 0) is 25.2 Å². The van der Waals surface area contributed by atoms with Crippen molar-refractivity contribution >= 4 is 47.8 Å². The molecule has 1 unspecified atom stereocenters. The van der Waals surface area contributed by atoms with Gasteiger partial charge in [-0.15, -0.1) is 0 Å². The first-order valence-corrected chi connectivity index (χ1v) is 9.34. The average molecular weight is 446 g/mol. The second-order valence-electron chi connectivity index (χ2n) is 4.85. The molecule has 0 saturated heterocycles. The number of nitriles is 1. The van der Waals surface area contributed by atoms with Crippen molar-refractivity contribution in [1.29, 1.82) is 5.26 Å². The van der Waals surface area contributed by atoms with Crippen LogP contribution >= 0.6 is 47.8 Å². The molecule has 0 aliphatic heterocycles. The van der Waals surface area contributed by atoms with E-state index < -0.39 is 0 Å². The van der Waals surface area contributed by atoms with Crippen molar-refractivity contribution in [2.45, 2.75) is 73.3 Å². The first kappa shape index (κ1) is 18.9. The number of hydrogen-bond acceptors (Lipinski definition) is 1. The number of alkyl halides is 3. The van der Waals surface area contributed by atoms with Gasteiger partial charge in [-0.3, -0.25) is 0 Å². The molecule has 106 valence electrons. The van der Waals surface area contributed by atoms with Gasteiger partial charge in [0.25, 0.3) is 0 Å². The van der Waals surface area contributed by atoms with Gasteiger partial charge < -0.3 is 0 Å². The molecule has 0 radical (unpaired) electrons. The van der Waals surface area contributed by atoms with Gasteiger partial charge in [-0.1, -0.05) is 93.2 Å². The van der Waals surface area contributed by atoms with Crippen LogP contribution < -0.4 is 0 Å². The van der Waals surface area contributed by atoms with Gasteiger partial charge in [0, 0.05) is 6.42 Å². The van der Waals surface area contributed by atoms with E-state index in [0.717, 1.165) is 12.8 Å². The third-order valence-electron chi connectivity index (χ3n) is 3.21. The lowest BCUT2D eigenvalue weighted by Crippen LogP contribution is -2.17. The minimum atomic E-state index is -0.161. The molecule has 0 aromatic carbocycles. The molecule has 0 aromatic rings. The Balaban J connectivity index is 3.78. The fourth-order valence-corrected chi connectivity index (χ4v) is 3.44. The summed E-state index contributed by atoms with van der Waals surface area (Å²) in [6.07, 6.45) is 12.0. The highest BCUT2D eigenvalue weighted by molar-refractivity contribution is 9.39. The van der Waals surface area contributed by atoms with E-state index in [2.05, 4.69) is 60.8 Å². The van der Waals surface area contributed by atoms with Crippen LogP contribution in [0.3, 0.4) is 0 Å². The fraction of sp³-hybridized carbons (Fsp3) is 0.929. The molecule has 0 aliphatic carbocycles. The Bertz CT molecular complexity index is 230. The zero-order chi connectivity index (χ0) is 13.9. The fourth-order valence-electron chi connectivity index (χ4n) is 2.07. The van der Waals surface area contributed by atoms with Crippen LogP contribution in [-0.4, -0.2) is 2.14 Å². The van der Waals surface area contributed by atoms with E-state index in [1.165, 1.54) is 44.9 Å². The van der Waals surface area contributed by atoms with E-state index in [0.29, 0.717) is 12.3 Å². The summed E-state index contributed by atoms with van der Waals surface area (Å²) < 4.78 is -0.161. The van der Waals surface area contributed by atoms with Crippen LogP contribution in [0.25, 0.3) is 0 Å². The highest BCUT2D eigenvalue weighted by Gasteiger charge is 2.29. The molecule has 0 amide bonds. The standard InChI is InChI=1S/C14H24Br3N/c1-2-3-4-5-6-7-10-13(14(15,16)17)11-8-9-12-18/h13H,2-11H2,1H3. The minimum absolute atomic E-state index is 0.161. The van der Waals surface area contributed by atoms with Gasteiger partial charge >= 0.3 is 0 Å². The maximum absolute atomic E-state index is 8.59. The molecule has 1 nitrogen and oxygen atoms in total. The molecule has 0 saturated carbocycles. The van der Waals surface area contributed by atoms with Crippen molar-refractivity contribution < 1.29 is 0 Å². The van der Waals surface area contributed by atoms with E-state index in [1.54, 1.807) is 0 Å².